The molecule has 1 amide bonds. The summed E-state index contributed by atoms with van der Waals surface area (Å²) >= 11 is 0. The number of aliphatic hydroxyl groups is 1. The molecular formula is C9H12N2O2. The fraction of sp³-hybridized carbons (Fsp3) is 0.222. The molecule has 0 heterocycles. The van der Waals surface area contributed by atoms with Gasteiger partial charge in [-0.05, 0) is 5.56 Å². The first-order chi connectivity index (χ1) is 6.24. The Labute approximate surface area is 76.3 Å². The minimum atomic E-state index is -1.08. The Morgan fingerprint density at radius 3 is 2.62 bits per heavy atom. The van der Waals surface area contributed by atoms with Crippen LogP contribution < -0.4 is 11.3 Å². The number of hydrogen-bond acceptors (Lipinski definition) is 3. The third kappa shape index (κ3) is 2.85. The molecule has 0 aliphatic rings. The van der Waals surface area contributed by atoms with E-state index in [0.29, 0.717) is 0 Å². The summed E-state index contributed by atoms with van der Waals surface area (Å²) in [5.41, 5.74) is 2.80. The van der Waals surface area contributed by atoms with Gasteiger partial charge in [-0.1, -0.05) is 30.3 Å². The quantitative estimate of drug-likeness (QED) is 0.336. The SMILES string of the molecule is NNC(=O)C(O)Cc1ccccc1. The maximum Gasteiger partial charge on any atom is 0.263 e. The molecule has 4 nitrogen and oxygen atoms in total. The van der Waals surface area contributed by atoms with Gasteiger partial charge in [-0.3, -0.25) is 10.2 Å². The van der Waals surface area contributed by atoms with Crippen LogP contribution in [0.2, 0.25) is 0 Å². The summed E-state index contributed by atoms with van der Waals surface area (Å²) in [6.07, 6.45) is -0.795. The average Bonchev–Trinajstić information content (AvgIpc) is 2.18. The summed E-state index contributed by atoms with van der Waals surface area (Å²) in [5, 5.41) is 9.28. The highest BCUT2D eigenvalue weighted by Gasteiger charge is 2.13. The Bertz CT molecular complexity index is 274. The van der Waals surface area contributed by atoms with E-state index in [1.807, 2.05) is 35.8 Å². The highest BCUT2D eigenvalue weighted by Crippen LogP contribution is 2.02. The van der Waals surface area contributed by atoms with Gasteiger partial charge in [-0.15, -0.1) is 0 Å². The number of aliphatic hydroxyl groups excluding tert-OH is 1. The van der Waals surface area contributed by atoms with E-state index in [9.17, 15) is 9.90 Å². The number of rotatable bonds is 3. The molecule has 0 saturated heterocycles. The van der Waals surface area contributed by atoms with Crippen LogP contribution in [0.5, 0.6) is 0 Å². The Morgan fingerprint density at radius 1 is 1.46 bits per heavy atom. The average molecular weight is 180 g/mol. The van der Waals surface area contributed by atoms with Gasteiger partial charge >= 0.3 is 0 Å². The van der Waals surface area contributed by atoms with Crippen LogP contribution in [0, 0.1) is 0 Å². The van der Waals surface area contributed by atoms with E-state index in [1.165, 1.54) is 0 Å². The van der Waals surface area contributed by atoms with Crippen molar-refractivity contribution in [2.45, 2.75) is 12.5 Å². The lowest BCUT2D eigenvalue weighted by Crippen LogP contribution is -2.40. The lowest BCUT2D eigenvalue weighted by molar-refractivity contribution is -0.129. The molecule has 0 saturated carbocycles. The Balaban J connectivity index is 2.55. The van der Waals surface area contributed by atoms with Crippen LogP contribution in [-0.2, 0) is 11.2 Å². The van der Waals surface area contributed by atoms with Crippen molar-refractivity contribution in [3.63, 3.8) is 0 Å². The van der Waals surface area contributed by atoms with E-state index in [2.05, 4.69) is 0 Å². The molecule has 1 unspecified atom stereocenters. The van der Waals surface area contributed by atoms with E-state index in [1.54, 1.807) is 0 Å². The molecule has 1 aromatic rings. The molecule has 0 aliphatic carbocycles. The van der Waals surface area contributed by atoms with Crippen LogP contribution in [0.25, 0.3) is 0 Å². The summed E-state index contributed by atoms with van der Waals surface area (Å²) in [4.78, 5) is 10.8. The maximum absolute atomic E-state index is 10.8. The van der Waals surface area contributed by atoms with Gasteiger partial charge in [-0.25, -0.2) is 5.84 Å². The molecule has 1 aromatic carbocycles. The minimum Gasteiger partial charge on any atom is -0.383 e. The number of carbonyl (C=O) groups excluding carboxylic acids is 1. The summed E-state index contributed by atoms with van der Waals surface area (Å²) < 4.78 is 0. The van der Waals surface area contributed by atoms with Gasteiger partial charge in [0, 0.05) is 6.42 Å². The largest absolute Gasteiger partial charge is 0.383 e. The van der Waals surface area contributed by atoms with E-state index in [0.717, 1.165) is 5.56 Å². The highest BCUT2D eigenvalue weighted by atomic mass is 16.3. The van der Waals surface area contributed by atoms with Crippen molar-refractivity contribution in [2.24, 2.45) is 5.84 Å². The Morgan fingerprint density at radius 2 is 2.08 bits per heavy atom. The number of hydrazine groups is 1. The molecule has 13 heavy (non-hydrogen) atoms. The first-order valence-corrected chi connectivity index (χ1v) is 3.96. The molecule has 1 rings (SSSR count). The fourth-order valence-corrected chi connectivity index (χ4v) is 1.03. The number of carbonyl (C=O) groups is 1. The first-order valence-electron chi connectivity index (χ1n) is 3.96. The smallest absolute Gasteiger partial charge is 0.263 e. The maximum atomic E-state index is 10.8. The van der Waals surface area contributed by atoms with Crippen LogP contribution in [0.15, 0.2) is 30.3 Å². The van der Waals surface area contributed by atoms with Crippen LogP contribution in [0.3, 0.4) is 0 Å². The molecule has 4 heteroatoms. The normalized spacial score (nSPS) is 12.2. The van der Waals surface area contributed by atoms with Gasteiger partial charge in [0.1, 0.15) is 6.10 Å². The predicted molar refractivity (Wildman–Crippen MR) is 48.5 cm³/mol. The summed E-state index contributed by atoms with van der Waals surface area (Å²) in [6.45, 7) is 0. The van der Waals surface area contributed by atoms with Crippen molar-refractivity contribution in [1.29, 1.82) is 0 Å². The third-order valence-electron chi connectivity index (χ3n) is 1.72. The number of nitrogens with two attached hydrogens (primary N) is 1. The van der Waals surface area contributed by atoms with Crippen molar-refractivity contribution in [2.75, 3.05) is 0 Å². The zero-order valence-corrected chi connectivity index (χ0v) is 7.10. The van der Waals surface area contributed by atoms with E-state index >= 15 is 0 Å². The second-order valence-corrected chi connectivity index (χ2v) is 2.71. The number of nitrogens with one attached hydrogen (secondary N) is 1. The molecule has 0 spiro atoms. The molecule has 0 fully saturated rings. The van der Waals surface area contributed by atoms with Crippen LogP contribution in [-0.4, -0.2) is 17.1 Å². The van der Waals surface area contributed by atoms with Gasteiger partial charge in [0.2, 0.25) is 0 Å². The topological polar surface area (TPSA) is 75.3 Å². The minimum absolute atomic E-state index is 0.282. The summed E-state index contributed by atoms with van der Waals surface area (Å²) in [6, 6.07) is 9.25. The number of hydrogen-bond donors (Lipinski definition) is 3. The van der Waals surface area contributed by atoms with Crippen molar-refractivity contribution in [1.82, 2.24) is 5.43 Å². The molecule has 0 radical (unpaired) electrons. The zero-order chi connectivity index (χ0) is 9.68. The van der Waals surface area contributed by atoms with E-state index in [4.69, 9.17) is 5.84 Å². The van der Waals surface area contributed by atoms with Crippen LogP contribution in [0.4, 0.5) is 0 Å². The first kappa shape index (κ1) is 9.70. The molecular weight excluding hydrogens is 168 g/mol. The van der Waals surface area contributed by atoms with Gasteiger partial charge in [0.05, 0.1) is 0 Å². The molecule has 70 valence electrons. The predicted octanol–water partition coefficient (Wildman–Crippen LogP) is -0.420. The van der Waals surface area contributed by atoms with Crippen molar-refractivity contribution in [3.05, 3.63) is 35.9 Å². The lowest BCUT2D eigenvalue weighted by atomic mass is 10.1. The molecule has 1 atom stereocenters. The number of benzene rings is 1. The van der Waals surface area contributed by atoms with Crippen molar-refractivity contribution >= 4 is 5.91 Å². The van der Waals surface area contributed by atoms with Gasteiger partial charge in [-0.2, -0.15) is 0 Å². The summed E-state index contributed by atoms with van der Waals surface area (Å²) in [7, 11) is 0. The zero-order valence-electron chi connectivity index (χ0n) is 7.10. The standard InChI is InChI=1S/C9H12N2O2/c10-11-9(13)8(12)6-7-4-2-1-3-5-7/h1-5,8,12H,6,10H2,(H,11,13). The van der Waals surface area contributed by atoms with Crippen molar-refractivity contribution in [3.8, 4) is 0 Å². The third-order valence-corrected chi connectivity index (χ3v) is 1.72. The van der Waals surface area contributed by atoms with Crippen LogP contribution >= 0.6 is 0 Å². The van der Waals surface area contributed by atoms with Gasteiger partial charge in [0.25, 0.3) is 5.91 Å². The summed E-state index contributed by atoms with van der Waals surface area (Å²) in [5.74, 6) is 4.30. The monoisotopic (exact) mass is 180 g/mol. The molecule has 0 aromatic heterocycles. The molecule has 0 aliphatic heterocycles. The van der Waals surface area contributed by atoms with E-state index in [-0.39, 0.29) is 6.42 Å². The second-order valence-electron chi connectivity index (χ2n) is 2.71. The highest BCUT2D eigenvalue weighted by molar-refractivity contribution is 5.80. The van der Waals surface area contributed by atoms with Crippen molar-refractivity contribution < 1.29 is 9.90 Å². The molecule has 4 N–H and O–H groups in total. The Kier molecular flexibility index (Phi) is 3.42. The van der Waals surface area contributed by atoms with Gasteiger partial charge < -0.3 is 5.11 Å². The van der Waals surface area contributed by atoms with Gasteiger partial charge in [0.15, 0.2) is 0 Å². The number of amides is 1. The second kappa shape index (κ2) is 4.59. The van der Waals surface area contributed by atoms with Crippen LogP contribution in [0.1, 0.15) is 5.56 Å². The Hall–Kier alpha value is -1.39. The fourth-order valence-electron chi connectivity index (χ4n) is 1.03. The molecule has 0 bridgehead atoms. The lowest BCUT2D eigenvalue weighted by Gasteiger charge is -2.07. The van der Waals surface area contributed by atoms with E-state index < -0.39 is 12.0 Å².